The van der Waals surface area contributed by atoms with Crippen LogP contribution in [-0.4, -0.2) is 41.4 Å². The average molecular weight is 222 g/mol. The molecule has 0 aromatic heterocycles. The van der Waals surface area contributed by atoms with E-state index in [-0.39, 0.29) is 11.2 Å². The van der Waals surface area contributed by atoms with Crippen LogP contribution in [0.3, 0.4) is 0 Å². The minimum absolute atomic E-state index is 0.0208. The Bertz CT molecular complexity index is 195. The molecule has 3 N–H and O–H groups in total. The van der Waals surface area contributed by atoms with Gasteiger partial charge in [0.05, 0.1) is 0 Å². The van der Waals surface area contributed by atoms with E-state index in [1.165, 1.54) is 4.90 Å². The molecule has 1 atom stereocenters. The minimum Gasteiger partial charge on any atom is -0.480 e. The lowest BCUT2D eigenvalue weighted by Crippen LogP contribution is -2.34. The molecule has 0 aliphatic rings. The second kappa shape index (κ2) is 7.64. The largest absolute Gasteiger partial charge is 0.480 e. The number of aliphatic carboxylic acids is 1. The van der Waals surface area contributed by atoms with Crippen molar-refractivity contribution in [1.29, 1.82) is 0 Å². The Balaban J connectivity index is 0. The van der Waals surface area contributed by atoms with Crippen molar-refractivity contribution >= 4 is 23.8 Å². The van der Waals surface area contributed by atoms with Gasteiger partial charge in [0.25, 0.3) is 5.24 Å². The highest BCUT2D eigenvalue weighted by Crippen LogP contribution is 1.96. The Morgan fingerprint density at radius 2 is 1.64 bits per heavy atom. The number of nitrogens with zero attached hydrogens (tertiary/aromatic N) is 1. The first-order valence-electron chi connectivity index (χ1n) is 4.08. The lowest BCUT2D eigenvalue weighted by Gasteiger charge is -2.07. The van der Waals surface area contributed by atoms with Gasteiger partial charge in [0.15, 0.2) is 0 Å². The van der Waals surface area contributed by atoms with E-state index in [1.54, 1.807) is 27.9 Å². The molecule has 0 radical (unpaired) electrons. The Kier molecular flexibility index (Phi) is 8.57. The normalized spacial score (nSPS) is 11.4. The zero-order valence-corrected chi connectivity index (χ0v) is 9.78. The lowest BCUT2D eigenvalue weighted by atomic mass is 10.1. The van der Waals surface area contributed by atoms with Gasteiger partial charge < -0.3 is 15.7 Å². The molecular weight excluding hydrogens is 204 g/mol. The third-order valence-electron chi connectivity index (χ3n) is 1.39. The molecule has 0 heterocycles. The fraction of sp³-hybridized carbons (Fsp3) is 0.750. The lowest BCUT2D eigenvalue weighted by molar-refractivity contribution is -0.139. The summed E-state index contributed by atoms with van der Waals surface area (Å²) in [5.41, 5.74) is 5.16. The number of carbonyl (C=O) groups excluding carboxylic acids is 1. The zero-order chi connectivity index (χ0) is 11.9. The first kappa shape index (κ1) is 15.7. The van der Waals surface area contributed by atoms with E-state index in [0.29, 0.717) is 0 Å². The van der Waals surface area contributed by atoms with E-state index in [9.17, 15) is 9.59 Å². The van der Waals surface area contributed by atoms with Crippen LogP contribution in [0.2, 0.25) is 0 Å². The van der Waals surface area contributed by atoms with Crippen LogP contribution in [0, 0.1) is 5.92 Å². The molecular formula is C8H18N2O3S. The van der Waals surface area contributed by atoms with Crippen molar-refractivity contribution in [1.82, 2.24) is 4.90 Å². The molecule has 5 nitrogen and oxygen atoms in total. The molecule has 0 rings (SSSR count). The van der Waals surface area contributed by atoms with Gasteiger partial charge in [0.2, 0.25) is 0 Å². The van der Waals surface area contributed by atoms with Crippen molar-refractivity contribution in [3.63, 3.8) is 0 Å². The summed E-state index contributed by atoms with van der Waals surface area (Å²) in [6, 6.07) is -0.713. The number of carboxylic acids is 1. The molecule has 0 aromatic carbocycles. The summed E-state index contributed by atoms with van der Waals surface area (Å²) in [6.07, 6.45) is 0. The predicted octanol–water partition coefficient (Wildman–Crippen LogP) is 0.652. The number of hydrogen-bond acceptors (Lipinski definition) is 3. The molecule has 0 aromatic rings. The van der Waals surface area contributed by atoms with Gasteiger partial charge in [-0.05, 0) is 5.92 Å². The van der Waals surface area contributed by atoms with E-state index in [2.05, 4.69) is 12.6 Å². The summed E-state index contributed by atoms with van der Waals surface area (Å²) >= 11 is 3.48. The highest BCUT2D eigenvalue weighted by molar-refractivity contribution is 7.96. The molecule has 0 aliphatic carbocycles. The van der Waals surface area contributed by atoms with E-state index >= 15 is 0 Å². The van der Waals surface area contributed by atoms with Crippen LogP contribution in [0.4, 0.5) is 4.79 Å². The molecule has 0 saturated heterocycles. The SMILES string of the molecule is CC(C)[C@H](N)C(=O)O.CN(C)C(=O)S. The molecule has 14 heavy (non-hydrogen) atoms. The quantitative estimate of drug-likeness (QED) is 0.599. The van der Waals surface area contributed by atoms with Crippen LogP contribution < -0.4 is 5.73 Å². The summed E-state index contributed by atoms with van der Waals surface area (Å²) in [5.74, 6) is -0.910. The summed E-state index contributed by atoms with van der Waals surface area (Å²) in [7, 11) is 3.30. The van der Waals surface area contributed by atoms with Crippen molar-refractivity contribution in [2.45, 2.75) is 19.9 Å². The monoisotopic (exact) mass is 222 g/mol. The maximum absolute atomic E-state index is 10.0. The fourth-order valence-electron chi connectivity index (χ4n) is 0.285. The minimum atomic E-state index is -0.931. The first-order chi connectivity index (χ1) is 6.20. The maximum atomic E-state index is 10.0. The molecule has 0 fully saturated rings. The smallest absolute Gasteiger partial charge is 0.320 e. The summed E-state index contributed by atoms with van der Waals surface area (Å²) < 4.78 is 0. The Labute approximate surface area is 89.7 Å². The first-order valence-corrected chi connectivity index (χ1v) is 4.53. The Morgan fingerprint density at radius 1 is 1.36 bits per heavy atom. The Hall–Kier alpha value is -0.750. The number of carboxylic acid groups (broad SMARTS) is 1. The van der Waals surface area contributed by atoms with Crippen LogP contribution >= 0.6 is 12.6 Å². The summed E-state index contributed by atoms with van der Waals surface area (Å²) in [5, 5.41) is 8.01. The van der Waals surface area contributed by atoms with Gasteiger partial charge in [-0.1, -0.05) is 26.5 Å². The molecule has 0 unspecified atom stereocenters. The van der Waals surface area contributed by atoms with E-state index in [4.69, 9.17) is 10.8 Å². The van der Waals surface area contributed by atoms with E-state index in [1.807, 2.05) is 0 Å². The fourth-order valence-corrected chi connectivity index (χ4v) is 0.285. The molecule has 0 bridgehead atoms. The maximum Gasteiger partial charge on any atom is 0.320 e. The van der Waals surface area contributed by atoms with Gasteiger partial charge in [0, 0.05) is 14.1 Å². The third-order valence-corrected chi connectivity index (χ3v) is 1.79. The van der Waals surface area contributed by atoms with Gasteiger partial charge >= 0.3 is 5.97 Å². The number of hydrogen-bond donors (Lipinski definition) is 3. The zero-order valence-electron chi connectivity index (χ0n) is 8.89. The van der Waals surface area contributed by atoms with Gasteiger partial charge in [-0.2, -0.15) is 0 Å². The van der Waals surface area contributed by atoms with Gasteiger partial charge in [-0.15, -0.1) is 0 Å². The highest BCUT2D eigenvalue weighted by Gasteiger charge is 2.14. The summed E-state index contributed by atoms with van der Waals surface area (Å²) in [4.78, 5) is 21.3. The number of rotatable bonds is 2. The predicted molar refractivity (Wildman–Crippen MR) is 58.5 cm³/mol. The van der Waals surface area contributed by atoms with Crippen LogP contribution in [0.25, 0.3) is 0 Å². The van der Waals surface area contributed by atoms with Crippen molar-refractivity contribution in [3.05, 3.63) is 0 Å². The molecule has 6 heteroatoms. The van der Waals surface area contributed by atoms with Crippen molar-refractivity contribution in [2.24, 2.45) is 11.7 Å². The average Bonchev–Trinajstić information content (AvgIpc) is 2.03. The highest BCUT2D eigenvalue weighted by atomic mass is 32.1. The number of carbonyl (C=O) groups is 2. The van der Waals surface area contributed by atoms with Crippen LogP contribution in [0.5, 0.6) is 0 Å². The standard InChI is InChI=1S/C5H11NO2.C3H7NOS/c1-3(2)4(6)5(7)8;1-4(2)3(5)6/h3-4H,6H2,1-2H3,(H,7,8);1-2H3,(H,5,6)/t4-;/m0./s1. The van der Waals surface area contributed by atoms with Crippen molar-refractivity contribution in [2.75, 3.05) is 14.1 Å². The second-order valence-electron chi connectivity index (χ2n) is 3.29. The van der Waals surface area contributed by atoms with Crippen LogP contribution in [-0.2, 0) is 4.79 Å². The topological polar surface area (TPSA) is 83.6 Å². The molecule has 0 saturated carbocycles. The second-order valence-corrected chi connectivity index (χ2v) is 3.67. The number of amides is 1. The van der Waals surface area contributed by atoms with Crippen LogP contribution in [0.1, 0.15) is 13.8 Å². The molecule has 84 valence electrons. The van der Waals surface area contributed by atoms with Crippen molar-refractivity contribution in [3.8, 4) is 0 Å². The molecule has 0 aliphatic heterocycles. The van der Waals surface area contributed by atoms with Crippen molar-refractivity contribution < 1.29 is 14.7 Å². The van der Waals surface area contributed by atoms with Gasteiger partial charge in [-0.3, -0.25) is 9.59 Å². The number of thiol groups is 1. The van der Waals surface area contributed by atoms with E-state index < -0.39 is 12.0 Å². The third kappa shape index (κ3) is 9.34. The van der Waals surface area contributed by atoms with Crippen LogP contribution in [0.15, 0.2) is 0 Å². The van der Waals surface area contributed by atoms with E-state index in [0.717, 1.165) is 0 Å². The summed E-state index contributed by atoms with van der Waals surface area (Å²) in [6.45, 7) is 3.55. The molecule has 1 amide bonds. The Morgan fingerprint density at radius 3 is 1.64 bits per heavy atom. The number of nitrogens with two attached hydrogens (primary N) is 1. The van der Waals surface area contributed by atoms with Gasteiger partial charge in [-0.25, -0.2) is 0 Å². The van der Waals surface area contributed by atoms with Gasteiger partial charge in [0.1, 0.15) is 6.04 Å². The molecule has 0 spiro atoms.